The normalized spacial score (nSPS) is 16.7. The molecular weight excluding hydrogens is 441 g/mol. The van der Waals surface area contributed by atoms with E-state index in [1.807, 2.05) is 0 Å². The molecule has 2 aromatic rings. The summed E-state index contributed by atoms with van der Waals surface area (Å²) in [6, 6.07) is 10.9. The Morgan fingerprint density at radius 1 is 1.14 bits per heavy atom. The van der Waals surface area contributed by atoms with Crippen LogP contribution in [0.25, 0.3) is 0 Å². The largest absolute Gasteiger partial charge is 0.493 e. The average Bonchev–Trinajstić information content (AvgIpc) is 3.11. The second-order valence-electron chi connectivity index (χ2n) is 6.00. The van der Waals surface area contributed by atoms with E-state index in [2.05, 4.69) is 21.0 Å². The minimum absolute atomic E-state index is 0.104. The number of alkyl halides is 3. The molecule has 148 valence electrons. The lowest BCUT2D eigenvalue weighted by Gasteiger charge is -2.25. The van der Waals surface area contributed by atoms with Crippen LogP contribution in [0.15, 0.2) is 52.0 Å². The molecule has 5 nitrogen and oxygen atoms in total. The highest BCUT2D eigenvalue weighted by Crippen LogP contribution is 2.43. The Morgan fingerprint density at radius 2 is 1.82 bits per heavy atom. The van der Waals surface area contributed by atoms with Gasteiger partial charge >= 0.3 is 12.1 Å². The molecule has 0 spiro atoms. The molecule has 1 atom stereocenters. The molecule has 9 heteroatoms. The third-order valence-electron chi connectivity index (χ3n) is 4.33. The van der Waals surface area contributed by atoms with Gasteiger partial charge in [0, 0.05) is 16.5 Å². The molecular formula is C19H16BrF3N2O3. The Kier molecular flexibility index (Phi) is 5.64. The van der Waals surface area contributed by atoms with Crippen molar-refractivity contribution in [2.24, 2.45) is 5.10 Å². The molecule has 0 bridgehead atoms. The van der Waals surface area contributed by atoms with E-state index >= 15 is 0 Å². The van der Waals surface area contributed by atoms with Crippen LogP contribution in [0.3, 0.4) is 0 Å². The Morgan fingerprint density at radius 3 is 2.39 bits per heavy atom. The molecule has 0 saturated heterocycles. The maximum atomic E-state index is 13.2. The number of rotatable bonds is 4. The SMILES string of the molecule is COc1cccc([C@@H]2CC(c3ccc(Br)cc3)=NN2C(=O)C(F)(F)F)c1OC. The number of amides is 1. The third kappa shape index (κ3) is 3.84. The van der Waals surface area contributed by atoms with Crippen molar-refractivity contribution in [3.63, 3.8) is 0 Å². The number of halogens is 4. The van der Waals surface area contributed by atoms with Gasteiger partial charge < -0.3 is 9.47 Å². The van der Waals surface area contributed by atoms with Crippen molar-refractivity contribution in [1.82, 2.24) is 5.01 Å². The summed E-state index contributed by atoms with van der Waals surface area (Å²) < 4.78 is 50.9. The van der Waals surface area contributed by atoms with Gasteiger partial charge in [-0.15, -0.1) is 0 Å². The number of carbonyl (C=O) groups excluding carboxylic acids is 1. The van der Waals surface area contributed by atoms with Crippen molar-refractivity contribution in [3.05, 3.63) is 58.1 Å². The molecule has 1 aliphatic rings. The summed E-state index contributed by atoms with van der Waals surface area (Å²) in [7, 11) is 2.82. The van der Waals surface area contributed by atoms with E-state index in [1.54, 1.807) is 42.5 Å². The lowest BCUT2D eigenvalue weighted by molar-refractivity contribution is -0.187. The Hall–Kier alpha value is -2.55. The van der Waals surface area contributed by atoms with Crippen molar-refractivity contribution in [2.75, 3.05) is 14.2 Å². The van der Waals surface area contributed by atoms with Crippen molar-refractivity contribution in [2.45, 2.75) is 18.6 Å². The smallest absolute Gasteiger partial charge is 0.473 e. The van der Waals surface area contributed by atoms with Crippen LogP contribution in [0.2, 0.25) is 0 Å². The number of hydrazone groups is 1. The molecule has 2 aromatic carbocycles. The summed E-state index contributed by atoms with van der Waals surface area (Å²) in [6.07, 6.45) is -4.95. The standard InChI is InChI=1S/C19H16BrF3N2O3/c1-27-16-5-3-4-13(17(16)28-2)15-10-14(11-6-8-12(20)9-7-11)24-25(15)18(26)19(21,22)23/h3-9,15H,10H2,1-2H3/t15-/m0/s1. The first-order chi connectivity index (χ1) is 13.3. The number of ether oxygens (including phenoxy) is 2. The zero-order valence-corrected chi connectivity index (χ0v) is 16.5. The molecule has 28 heavy (non-hydrogen) atoms. The average molecular weight is 457 g/mol. The molecule has 0 unspecified atom stereocenters. The number of carbonyl (C=O) groups is 1. The van der Waals surface area contributed by atoms with Gasteiger partial charge in [0.05, 0.1) is 26.0 Å². The van der Waals surface area contributed by atoms with Gasteiger partial charge in [0.25, 0.3) is 0 Å². The molecule has 0 fully saturated rings. The Balaban J connectivity index is 2.07. The van der Waals surface area contributed by atoms with Crippen LogP contribution in [0.5, 0.6) is 11.5 Å². The van der Waals surface area contributed by atoms with Crippen LogP contribution >= 0.6 is 15.9 Å². The minimum Gasteiger partial charge on any atom is -0.493 e. The van der Waals surface area contributed by atoms with Crippen molar-refractivity contribution < 1.29 is 27.4 Å². The van der Waals surface area contributed by atoms with Crippen LogP contribution in [-0.2, 0) is 4.79 Å². The fourth-order valence-corrected chi connectivity index (χ4v) is 3.33. The first kappa shape index (κ1) is 20.2. The summed E-state index contributed by atoms with van der Waals surface area (Å²) in [5.41, 5.74) is 1.39. The predicted octanol–water partition coefficient (Wildman–Crippen LogP) is 4.71. The molecule has 0 radical (unpaired) electrons. The van der Waals surface area contributed by atoms with E-state index in [4.69, 9.17) is 9.47 Å². The second kappa shape index (κ2) is 7.83. The zero-order valence-electron chi connectivity index (χ0n) is 15.0. The van der Waals surface area contributed by atoms with E-state index in [0.29, 0.717) is 27.6 Å². The van der Waals surface area contributed by atoms with Gasteiger partial charge in [0.1, 0.15) is 0 Å². The monoisotopic (exact) mass is 456 g/mol. The first-order valence-corrected chi connectivity index (χ1v) is 9.00. The highest BCUT2D eigenvalue weighted by Gasteiger charge is 2.48. The van der Waals surface area contributed by atoms with Gasteiger partial charge in [0.15, 0.2) is 11.5 Å². The van der Waals surface area contributed by atoms with Crippen LogP contribution in [0.4, 0.5) is 13.2 Å². The molecule has 1 heterocycles. The third-order valence-corrected chi connectivity index (χ3v) is 4.86. The summed E-state index contributed by atoms with van der Waals surface area (Å²) in [5.74, 6) is -1.41. The summed E-state index contributed by atoms with van der Waals surface area (Å²) in [5, 5.41) is 4.49. The second-order valence-corrected chi connectivity index (χ2v) is 6.92. The summed E-state index contributed by atoms with van der Waals surface area (Å²) in [4.78, 5) is 12.0. The number of methoxy groups -OCH3 is 2. The lowest BCUT2D eigenvalue weighted by Crippen LogP contribution is -2.38. The van der Waals surface area contributed by atoms with Crippen LogP contribution < -0.4 is 9.47 Å². The van der Waals surface area contributed by atoms with Gasteiger partial charge in [-0.05, 0) is 23.8 Å². The Bertz CT molecular complexity index is 914. The maximum Gasteiger partial charge on any atom is 0.473 e. The highest BCUT2D eigenvalue weighted by atomic mass is 79.9. The van der Waals surface area contributed by atoms with Crippen molar-refractivity contribution in [3.8, 4) is 11.5 Å². The fraction of sp³-hybridized carbons (Fsp3) is 0.263. The van der Waals surface area contributed by atoms with Crippen molar-refractivity contribution in [1.29, 1.82) is 0 Å². The van der Waals surface area contributed by atoms with E-state index in [-0.39, 0.29) is 12.2 Å². The molecule has 0 N–H and O–H groups in total. The van der Waals surface area contributed by atoms with Gasteiger partial charge in [0.2, 0.25) is 0 Å². The highest BCUT2D eigenvalue weighted by molar-refractivity contribution is 9.10. The Labute approximate surface area is 167 Å². The fourth-order valence-electron chi connectivity index (χ4n) is 3.06. The van der Waals surface area contributed by atoms with Crippen LogP contribution in [0.1, 0.15) is 23.6 Å². The number of benzene rings is 2. The zero-order chi connectivity index (χ0) is 20.5. The molecule has 1 amide bonds. The van der Waals surface area contributed by atoms with E-state index in [9.17, 15) is 18.0 Å². The molecule has 0 aliphatic carbocycles. The van der Waals surface area contributed by atoms with Gasteiger partial charge in [-0.1, -0.05) is 40.2 Å². The first-order valence-electron chi connectivity index (χ1n) is 8.21. The molecule has 0 aromatic heterocycles. The summed E-state index contributed by atoms with van der Waals surface area (Å²) >= 11 is 3.31. The van der Waals surface area contributed by atoms with Crippen molar-refractivity contribution >= 4 is 27.5 Å². The number of hydrogen-bond acceptors (Lipinski definition) is 4. The topological polar surface area (TPSA) is 51.1 Å². The number of para-hydroxylation sites is 1. The summed E-state index contributed by atoms with van der Waals surface area (Å²) in [6.45, 7) is 0. The van der Waals surface area contributed by atoms with Crippen LogP contribution in [0, 0.1) is 0 Å². The lowest BCUT2D eigenvalue weighted by atomic mass is 9.97. The maximum absolute atomic E-state index is 13.2. The number of hydrogen-bond donors (Lipinski definition) is 0. The van der Waals surface area contributed by atoms with Gasteiger partial charge in [-0.3, -0.25) is 4.79 Å². The minimum atomic E-state index is -5.05. The molecule has 3 rings (SSSR count). The predicted molar refractivity (Wildman–Crippen MR) is 100 cm³/mol. The quantitative estimate of drug-likeness (QED) is 0.669. The van der Waals surface area contributed by atoms with Gasteiger partial charge in [-0.25, -0.2) is 5.01 Å². The molecule has 1 aliphatic heterocycles. The van der Waals surface area contributed by atoms with E-state index in [1.165, 1.54) is 14.2 Å². The van der Waals surface area contributed by atoms with E-state index < -0.39 is 18.1 Å². The van der Waals surface area contributed by atoms with Crippen LogP contribution in [-0.4, -0.2) is 37.0 Å². The molecule has 0 saturated carbocycles. The van der Waals surface area contributed by atoms with Gasteiger partial charge in [-0.2, -0.15) is 18.3 Å². The van der Waals surface area contributed by atoms with E-state index in [0.717, 1.165) is 4.47 Å². The number of nitrogens with zero attached hydrogens (tertiary/aromatic N) is 2.